The number of hydrogen-bond acceptors (Lipinski definition) is 7. The molecule has 0 unspecified atom stereocenters. The molecule has 34 heavy (non-hydrogen) atoms. The molecule has 0 spiro atoms. The van der Waals surface area contributed by atoms with Crippen molar-refractivity contribution in [3.05, 3.63) is 83.6 Å². The zero-order valence-electron chi connectivity index (χ0n) is 18.8. The zero-order chi connectivity index (χ0) is 23.7. The first-order valence-corrected chi connectivity index (χ1v) is 11.3. The number of fused-ring (bicyclic) bond motifs is 1. The summed E-state index contributed by atoms with van der Waals surface area (Å²) < 4.78 is 17.0. The number of nitrogens with zero attached hydrogens (tertiary/aromatic N) is 3. The Labute approximate surface area is 200 Å². The number of anilines is 1. The molecule has 4 aromatic rings. The monoisotopic (exact) mass is 471 g/mol. The number of rotatable bonds is 6. The fourth-order valence-corrected chi connectivity index (χ4v) is 4.78. The van der Waals surface area contributed by atoms with Gasteiger partial charge in [-0.2, -0.15) is 0 Å². The summed E-state index contributed by atoms with van der Waals surface area (Å²) in [6.45, 7) is 0. The van der Waals surface area contributed by atoms with Crippen LogP contribution in [0.2, 0.25) is 0 Å². The maximum Gasteiger partial charge on any atom is 0.284 e. The average molecular weight is 472 g/mol. The molecule has 1 amide bonds. The van der Waals surface area contributed by atoms with Crippen LogP contribution in [0.15, 0.2) is 77.4 Å². The van der Waals surface area contributed by atoms with E-state index in [1.165, 1.54) is 11.3 Å². The summed E-state index contributed by atoms with van der Waals surface area (Å²) in [5.41, 5.74) is 2.61. The van der Waals surface area contributed by atoms with Gasteiger partial charge >= 0.3 is 0 Å². The first-order valence-electron chi connectivity index (χ1n) is 10.5. The molecule has 5 rings (SSSR count). The first kappa shape index (κ1) is 21.7. The van der Waals surface area contributed by atoms with Crippen molar-refractivity contribution in [2.75, 3.05) is 26.2 Å². The minimum absolute atomic E-state index is 0.258. The molecule has 1 aliphatic rings. The van der Waals surface area contributed by atoms with Crippen molar-refractivity contribution in [3.8, 4) is 17.2 Å². The van der Waals surface area contributed by atoms with Crippen LogP contribution in [0.3, 0.4) is 0 Å². The summed E-state index contributed by atoms with van der Waals surface area (Å²) in [6.07, 6.45) is 1.76. The Balaban J connectivity index is 1.64. The fraction of sp³-hybridized carbons (Fsp3) is 0.115. The molecule has 0 fully saturated rings. The summed E-state index contributed by atoms with van der Waals surface area (Å²) in [5.74, 6) is 2.27. The molecule has 3 aromatic carbocycles. The third-order valence-electron chi connectivity index (χ3n) is 5.40. The van der Waals surface area contributed by atoms with Crippen molar-refractivity contribution in [2.45, 2.75) is 0 Å². The predicted molar refractivity (Wildman–Crippen MR) is 134 cm³/mol. The van der Waals surface area contributed by atoms with E-state index in [0.717, 1.165) is 21.6 Å². The normalized spacial score (nSPS) is 14.6. The Hall–Kier alpha value is -4.17. The second-order valence-electron chi connectivity index (χ2n) is 7.39. The van der Waals surface area contributed by atoms with Crippen LogP contribution in [0.1, 0.15) is 11.1 Å². The van der Waals surface area contributed by atoms with Gasteiger partial charge in [0.1, 0.15) is 39.0 Å². The maximum absolute atomic E-state index is 13.6. The molecular weight excluding hydrogens is 450 g/mol. The van der Waals surface area contributed by atoms with Crippen molar-refractivity contribution in [2.24, 2.45) is 4.99 Å². The topological polar surface area (TPSA) is 73.2 Å². The van der Waals surface area contributed by atoms with Gasteiger partial charge in [-0.3, -0.25) is 4.79 Å². The molecule has 0 radical (unpaired) electrons. The molecule has 0 N–H and O–H groups in total. The number of hydrogen-bond donors (Lipinski definition) is 0. The molecule has 0 bridgehead atoms. The van der Waals surface area contributed by atoms with Crippen LogP contribution >= 0.6 is 11.3 Å². The average Bonchev–Trinajstić information content (AvgIpc) is 3.46. The number of carbonyl (C=O) groups excluding carboxylic acids is 1. The molecule has 0 atom stereocenters. The zero-order valence-corrected chi connectivity index (χ0v) is 19.6. The summed E-state index contributed by atoms with van der Waals surface area (Å²) in [6, 6.07) is 20.7. The molecule has 0 saturated heterocycles. The van der Waals surface area contributed by atoms with E-state index in [1.54, 1.807) is 38.4 Å². The molecule has 2 heterocycles. The van der Waals surface area contributed by atoms with Crippen LogP contribution in [-0.2, 0) is 4.79 Å². The van der Waals surface area contributed by atoms with Crippen molar-refractivity contribution in [1.29, 1.82) is 0 Å². The van der Waals surface area contributed by atoms with E-state index in [9.17, 15) is 4.79 Å². The van der Waals surface area contributed by atoms with E-state index >= 15 is 0 Å². The second-order valence-corrected chi connectivity index (χ2v) is 8.37. The lowest BCUT2D eigenvalue weighted by molar-refractivity contribution is -0.113. The summed E-state index contributed by atoms with van der Waals surface area (Å²) in [4.78, 5) is 24.7. The minimum atomic E-state index is -0.258. The van der Waals surface area contributed by atoms with Gasteiger partial charge in [0.25, 0.3) is 5.91 Å². The summed E-state index contributed by atoms with van der Waals surface area (Å²) in [5, 5.41) is 0.489. The number of benzene rings is 3. The van der Waals surface area contributed by atoms with Crippen LogP contribution < -0.4 is 19.1 Å². The van der Waals surface area contributed by atoms with Gasteiger partial charge in [-0.1, -0.05) is 53.8 Å². The van der Waals surface area contributed by atoms with Gasteiger partial charge in [-0.25, -0.2) is 14.9 Å². The van der Waals surface area contributed by atoms with E-state index < -0.39 is 0 Å². The number of aliphatic imine (C=N–C) groups is 1. The number of methoxy groups -OCH3 is 3. The van der Waals surface area contributed by atoms with Crippen molar-refractivity contribution in [1.82, 2.24) is 4.98 Å². The Morgan fingerprint density at radius 2 is 1.56 bits per heavy atom. The predicted octanol–water partition coefficient (Wildman–Crippen LogP) is 5.16. The Morgan fingerprint density at radius 3 is 2.24 bits per heavy atom. The number of ether oxygens (including phenoxy) is 3. The van der Waals surface area contributed by atoms with Gasteiger partial charge in [-0.15, -0.1) is 0 Å². The van der Waals surface area contributed by atoms with Gasteiger partial charge < -0.3 is 14.2 Å². The standard InChI is InChI=1S/C26H21N3O4S/c1-31-18-11-9-16(10-12-18)15-19-25(30)29(24(27-19)17-7-5-4-6-8-17)26-28-22-20(32-2)13-14-21(33-3)23(22)34-26/h4-15H,1-3H3/b19-15+. The molecule has 1 aromatic heterocycles. The van der Waals surface area contributed by atoms with Crippen LogP contribution in [-0.4, -0.2) is 38.1 Å². The van der Waals surface area contributed by atoms with Gasteiger partial charge in [0.2, 0.25) is 0 Å². The molecule has 170 valence electrons. The lowest BCUT2D eigenvalue weighted by atomic mass is 10.2. The van der Waals surface area contributed by atoms with Crippen LogP contribution in [0.5, 0.6) is 17.2 Å². The Morgan fingerprint density at radius 1 is 0.853 bits per heavy atom. The molecule has 1 aliphatic heterocycles. The SMILES string of the molecule is COc1ccc(/C=C2/N=C(c3ccccc3)N(c3nc4c(OC)ccc(OC)c4s3)C2=O)cc1. The van der Waals surface area contributed by atoms with E-state index in [4.69, 9.17) is 24.2 Å². The first-order chi connectivity index (χ1) is 16.6. The second kappa shape index (κ2) is 8.99. The highest BCUT2D eigenvalue weighted by Crippen LogP contribution is 2.41. The summed E-state index contributed by atoms with van der Waals surface area (Å²) >= 11 is 1.36. The highest BCUT2D eigenvalue weighted by atomic mass is 32.1. The van der Waals surface area contributed by atoms with Gasteiger partial charge in [-0.05, 0) is 35.9 Å². The number of thiazole rings is 1. The van der Waals surface area contributed by atoms with Gasteiger partial charge in [0, 0.05) is 5.56 Å². The highest BCUT2D eigenvalue weighted by molar-refractivity contribution is 7.23. The quantitative estimate of drug-likeness (QED) is 0.363. The van der Waals surface area contributed by atoms with Crippen LogP contribution in [0.4, 0.5) is 5.13 Å². The third kappa shape index (κ3) is 3.78. The van der Waals surface area contributed by atoms with Crippen molar-refractivity contribution in [3.63, 3.8) is 0 Å². The Bertz CT molecular complexity index is 1380. The van der Waals surface area contributed by atoms with Crippen LogP contribution in [0, 0.1) is 0 Å². The third-order valence-corrected chi connectivity index (χ3v) is 6.46. The van der Waals surface area contributed by atoms with E-state index in [-0.39, 0.29) is 5.91 Å². The van der Waals surface area contributed by atoms with E-state index in [1.807, 2.05) is 60.7 Å². The number of carbonyl (C=O) groups is 1. The smallest absolute Gasteiger partial charge is 0.284 e. The lowest BCUT2D eigenvalue weighted by Gasteiger charge is -2.14. The summed E-state index contributed by atoms with van der Waals surface area (Å²) in [7, 11) is 4.81. The van der Waals surface area contributed by atoms with Gasteiger partial charge in [0.15, 0.2) is 5.13 Å². The number of amidine groups is 1. The molecule has 0 aliphatic carbocycles. The highest BCUT2D eigenvalue weighted by Gasteiger charge is 2.35. The number of amides is 1. The van der Waals surface area contributed by atoms with E-state index in [2.05, 4.69) is 0 Å². The number of aromatic nitrogens is 1. The molecule has 7 nitrogen and oxygen atoms in total. The minimum Gasteiger partial charge on any atom is -0.497 e. The molecule has 0 saturated carbocycles. The molecule has 8 heteroatoms. The van der Waals surface area contributed by atoms with Crippen LogP contribution in [0.25, 0.3) is 16.3 Å². The fourth-order valence-electron chi connectivity index (χ4n) is 3.70. The van der Waals surface area contributed by atoms with Crippen molar-refractivity contribution < 1.29 is 19.0 Å². The van der Waals surface area contributed by atoms with E-state index in [0.29, 0.717) is 33.7 Å². The lowest BCUT2D eigenvalue weighted by Crippen LogP contribution is -2.32. The Kier molecular flexibility index (Phi) is 5.73. The van der Waals surface area contributed by atoms with Crippen molar-refractivity contribution >= 4 is 44.5 Å². The van der Waals surface area contributed by atoms with Gasteiger partial charge in [0.05, 0.1) is 21.3 Å². The maximum atomic E-state index is 13.6. The largest absolute Gasteiger partial charge is 0.497 e. The molecular formula is C26H21N3O4S.